The fourth-order valence-corrected chi connectivity index (χ4v) is 3.90. The third-order valence-electron chi connectivity index (χ3n) is 4.30. The minimum Gasteiger partial charge on any atom is -0.466 e. The fourth-order valence-electron chi connectivity index (χ4n) is 2.95. The zero-order valence-corrected chi connectivity index (χ0v) is 15.3. The van der Waals surface area contributed by atoms with Crippen LogP contribution < -0.4 is 0 Å². The van der Waals surface area contributed by atoms with Crippen molar-refractivity contribution in [1.29, 1.82) is 0 Å². The molecule has 0 saturated carbocycles. The van der Waals surface area contributed by atoms with E-state index in [0.717, 1.165) is 24.9 Å². The topological polar surface area (TPSA) is 59.0 Å². The summed E-state index contributed by atoms with van der Waals surface area (Å²) in [5.41, 5.74) is 2.17. The van der Waals surface area contributed by atoms with Gasteiger partial charge in [-0.15, -0.1) is 0 Å². The standard InChI is InChI=1S/C19H22N2O3S/c1-3-24-18(23)15-5-4-10-21(12-15)19-20-17(22)16(25-19)11-14-8-6-13(2)7-9-14/h6-9,11,15H,3-5,10,12H2,1-2H3/b16-11-. The number of piperidine rings is 1. The normalized spacial score (nSPS) is 22.2. The van der Waals surface area contributed by atoms with Gasteiger partial charge in [-0.1, -0.05) is 29.8 Å². The van der Waals surface area contributed by atoms with E-state index in [1.165, 1.54) is 17.3 Å². The number of ether oxygens (including phenoxy) is 1. The molecule has 1 fully saturated rings. The van der Waals surface area contributed by atoms with Crippen molar-refractivity contribution in [2.45, 2.75) is 26.7 Å². The van der Waals surface area contributed by atoms with Crippen LogP contribution in [0.5, 0.6) is 0 Å². The van der Waals surface area contributed by atoms with Gasteiger partial charge in [-0.05, 0) is 50.1 Å². The van der Waals surface area contributed by atoms with Crippen LogP contribution in [0.25, 0.3) is 6.08 Å². The number of aryl methyl sites for hydroxylation is 1. The molecule has 25 heavy (non-hydrogen) atoms. The lowest BCUT2D eigenvalue weighted by Gasteiger charge is -2.32. The quantitative estimate of drug-likeness (QED) is 0.613. The molecule has 1 aromatic carbocycles. The molecular formula is C19H22N2O3S. The number of amidine groups is 1. The molecule has 0 spiro atoms. The lowest BCUT2D eigenvalue weighted by Crippen LogP contribution is -2.41. The number of hydrogen-bond acceptors (Lipinski definition) is 5. The molecule has 1 saturated heterocycles. The minimum atomic E-state index is -0.209. The SMILES string of the molecule is CCOC(=O)C1CCCN(C2=NC(=O)/C(=C/c3ccc(C)cc3)S2)C1. The Kier molecular flexibility index (Phi) is 5.58. The second-order valence-corrected chi connectivity index (χ2v) is 7.27. The van der Waals surface area contributed by atoms with Gasteiger partial charge in [-0.25, -0.2) is 0 Å². The molecule has 0 bridgehead atoms. The average Bonchev–Trinajstić information content (AvgIpc) is 2.98. The van der Waals surface area contributed by atoms with Crippen molar-refractivity contribution in [1.82, 2.24) is 4.90 Å². The summed E-state index contributed by atoms with van der Waals surface area (Å²) in [6.07, 6.45) is 3.59. The zero-order chi connectivity index (χ0) is 17.8. The maximum atomic E-state index is 12.2. The molecule has 2 aliphatic heterocycles. The second-order valence-electron chi connectivity index (χ2n) is 6.26. The molecule has 0 aromatic heterocycles. The zero-order valence-electron chi connectivity index (χ0n) is 14.5. The van der Waals surface area contributed by atoms with Crippen molar-refractivity contribution >= 4 is 34.9 Å². The van der Waals surface area contributed by atoms with Crippen molar-refractivity contribution in [2.75, 3.05) is 19.7 Å². The first-order valence-electron chi connectivity index (χ1n) is 8.57. The van der Waals surface area contributed by atoms with E-state index in [-0.39, 0.29) is 17.8 Å². The Hall–Kier alpha value is -2.08. The van der Waals surface area contributed by atoms with Crippen LogP contribution in [-0.2, 0) is 14.3 Å². The molecule has 3 rings (SSSR count). The van der Waals surface area contributed by atoms with E-state index in [2.05, 4.69) is 4.99 Å². The highest BCUT2D eigenvalue weighted by Gasteiger charge is 2.32. The minimum absolute atomic E-state index is 0.141. The molecule has 1 atom stereocenters. The number of carbonyl (C=O) groups excluding carboxylic acids is 2. The number of thioether (sulfide) groups is 1. The molecule has 0 radical (unpaired) electrons. The van der Waals surface area contributed by atoms with Gasteiger partial charge in [0.1, 0.15) is 0 Å². The number of esters is 1. The molecule has 1 unspecified atom stereocenters. The number of carbonyl (C=O) groups is 2. The average molecular weight is 358 g/mol. The van der Waals surface area contributed by atoms with E-state index in [4.69, 9.17) is 4.74 Å². The summed E-state index contributed by atoms with van der Waals surface area (Å²) < 4.78 is 5.13. The summed E-state index contributed by atoms with van der Waals surface area (Å²) in [5.74, 6) is -0.506. The van der Waals surface area contributed by atoms with Crippen LogP contribution in [0.4, 0.5) is 0 Å². The monoisotopic (exact) mass is 358 g/mol. The van der Waals surface area contributed by atoms with E-state index in [9.17, 15) is 9.59 Å². The first-order valence-corrected chi connectivity index (χ1v) is 9.39. The third kappa shape index (κ3) is 4.31. The molecule has 1 amide bonds. The molecule has 1 aromatic rings. The van der Waals surface area contributed by atoms with Gasteiger partial charge in [0, 0.05) is 13.1 Å². The van der Waals surface area contributed by atoms with Crippen molar-refractivity contribution in [3.63, 3.8) is 0 Å². The van der Waals surface area contributed by atoms with E-state index >= 15 is 0 Å². The Labute approximate surface area is 152 Å². The van der Waals surface area contributed by atoms with Crippen LogP contribution in [0, 0.1) is 12.8 Å². The van der Waals surface area contributed by atoms with Crippen molar-refractivity contribution in [2.24, 2.45) is 10.9 Å². The van der Waals surface area contributed by atoms with Crippen molar-refractivity contribution < 1.29 is 14.3 Å². The summed E-state index contributed by atoms with van der Waals surface area (Å²) in [4.78, 5) is 31.1. The molecule has 132 valence electrons. The lowest BCUT2D eigenvalue weighted by molar-refractivity contribution is -0.149. The number of aliphatic imine (C=N–C) groups is 1. The van der Waals surface area contributed by atoms with Crippen LogP contribution in [0.3, 0.4) is 0 Å². The second kappa shape index (κ2) is 7.87. The predicted molar refractivity (Wildman–Crippen MR) is 100 cm³/mol. The Morgan fingerprint density at radius 1 is 1.40 bits per heavy atom. The summed E-state index contributed by atoms with van der Waals surface area (Å²) in [7, 11) is 0. The van der Waals surface area contributed by atoms with Crippen LogP contribution in [0.15, 0.2) is 34.2 Å². The Morgan fingerprint density at radius 3 is 2.88 bits per heavy atom. The van der Waals surface area contributed by atoms with Gasteiger partial charge in [-0.3, -0.25) is 9.59 Å². The molecule has 6 heteroatoms. The summed E-state index contributed by atoms with van der Waals surface area (Å²) in [6, 6.07) is 8.03. The first kappa shape index (κ1) is 17.7. The summed E-state index contributed by atoms with van der Waals surface area (Å²) in [6.45, 7) is 5.62. The van der Waals surface area contributed by atoms with Crippen LogP contribution >= 0.6 is 11.8 Å². The van der Waals surface area contributed by atoms with Gasteiger partial charge < -0.3 is 9.64 Å². The van der Waals surface area contributed by atoms with Gasteiger partial charge in [-0.2, -0.15) is 4.99 Å². The Morgan fingerprint density at radius 2 is 2.16 bits per heavy atom. The number of rotatable bonds is 3. The first-order chi connectivity index (χ1) is 12.1. The van der Waals surface area contributed by atoms with E-state index in [1.807, 2.05) is 49.1 Å². The van der Waals surface area contributed by atoms with Crippen LogP contribution in [0.2, 0.25) is 0 Å². The third-order valence-corrected chi connectivity index (χ3v) is 5.34. The summed E-state index contributed by atoms with van der Waals surface area (Å²) in [5, 5.41) is 0.692. The van der Waals surface area contributed by atoms with E-state index < -0.39 is 0 Å². The lowest BCUT2D eigenvalue weighted by atomic mass is 9.99. The highest BCUT2D eigenvalue weighted by atomic mass is 32.2. The Balaban J connectivity index is 1.68. The maximum absolute atomic E-state index is 12.2. The maximum Gasteiger partial charge on any atom is 0.310 e. The van der Waals surface area contributed by atoms with Crippen molar-refractivity contribution in [3.8, 4) is 0 Å². The number of amides is 1. The highest BCUT2D eigenvalue weighted by Crippen LogP contribution is 2.32. The molecule has 2 aliphatic rings. The summed E-state index contributed by atoms with van der Waals surface area (Å²) >= 11 is 1.39. The molecule has 2 heterocycles. The van der Waals surface area contributed by atoms with Gasteiger partial charge in [0.05, 0.1) is 17.4 Å². The van der Waals surface area contributed by atoms with Crippen molar-refractivity contribution in [3.05, 3.63) is 40.3 Å². The van der Waals surface area contributed by atoms with Crippen LogP contribution in [0.1, 0.15) is 30.9 Å². The predicted octanol–water partition coefficient (Wildman–Crippen LogP) is 3.24. The van der Waals surface area contributed by atoms with E-state index in [1.54, 1.807) is 0 Å². The molecule has 0 N–H and O–H groups in total. The van der Waals surface area contributed by atoms with Gasteiger partial charge in [0.25, 0.3) is 5.91 Å². The number of likely N-dealkylation sites (tertiary alicyclic amines) is 1. The van der Waals surface area contributed by atoms with Gasteiger partial charge in [0.15, 0.2) is 5.17 Å². The Bertz CT molecular complexity index is 725. The molecule has 5 nitrogen and oxygen atoms in total. The fraction of sp³-hybridized carbons (Fsp3) is 0.421. The number of benzene rings is 1. The van der Waals surface area contributed by atoms with Crippen LogP contribution in [-0.4, -0.2) is 41.6 Å². The molecular weight excluding hydrogens is 336 g/mol. The number of hydrogen-bond donors (Lipinski definition) is 0. The van der Waals surface area contributed by atoms with Gasteiger partial charge >= 0.3 is 5.97 Å². The number of nitrogens with zero attached hydrogens (tertiary/aromatic N) is 2. The smallest absolute Gasteiger partial charge is 0.310 e. The van der Waals surface area contributed by atoms with E-state index in [0.29, 0.717) is 23.2 Å². The largest absolute Gasteiger partial charge is 0.466 e. The highest BCUT2D eigenvalue weighted by molar-refractivity contribution is 8.18. The molecule has 0 aliphatic carbocycles. The van der Waals surface area contributed by atoms with Gasteiger partial charge in [0.2, 0.25) is 0 Å².